The lowest BCUT2D eigenvalue weighted by molar-refractivity contribution is -0.146. The molecule has 8 nitrogen and oxygen atoms in total. The first-order valence-corrected chi connectivity index (χ1v) is 10.8. The molecule has 4 rings (SSSR count). The van der Waals surface area contributed by atoms with E-state index < -0.39 is 30.1 Å². The minimum atomic E-state index is -1.15. The molecule has 2 amide bonds. The molecule has 2 aliphatic rings. The fourth-order valence-corrected chi connectivity index (χ4v) is 4.52. The van der Waals surface area contributed by atoms with E-state index in [1.165, 1.54) is 6.08 Å². The van der Waals surface area contributed by atoms with Crippen LogP contribution in [0.25, 0.3) is 11.1 Å². The molecule has 0 spiro atoms. The number of carbonyl (C=O) groups is 3. The van der Waals surface area contributed by atoms with Gasteiger partial charge in [0.25, 0.3) is 0 Å². The van der Waals surface area contributed by atoms with Crippen molar-refractivity contribution in [2.45, 2.75) is 31.4 Å². The van der Waals surface area contributed by atoms with Crippen LogP contribution in [0.4, 0.5) is 4.79 Å². The maximum absolute atomic E-state index is 12.6. The van der Waals surface area contributed by atoms with Crippen molar-refractivity contribution in [2.24, 2.45) is 0 Å². The number of carbonyl (C=O) groups excluding carboxylic acids is 2. The Kier molecular flexibility index (Phi) is 6.46. The number of aliphatic carboxylic acids is 1. The minimum absolute atomic E-state index is 0.00630. The molecule has 8 heteroatoms. The summed E-state index contributed by atoms with van der Waals surface area (Å²) in [6.07, 6.45) is 0.0508. The molecule has 3 N–H and O–H groups in total. The highest BCUT2D eigenvalue weighted by atomic mass is 16.5. The first-order chi connectivity index (χ1) is 15.9. The number of carboxylic acids is 1. The Morgan fingerprint density at radius 3 is 2.30 bits per heavy atom. The predicted octanol–water partition coefficient (Wildman–Crippen LogP) is 2.52. The van der Waals surface area contributed by atoms with E-state index in [1.807, 2.05) is 36.4 Å². The average molecular weight is 450 g/mol. The number of aliphatic hydroxyl groups is 1. The third-order valence-corrected chi connectivity index (χ3v) is 6.16. The van der Waals surface area contributed by atoms with Gasteiger partial charge in [0.2, 0.25) is 5.91 Å². The second kappa shape index (κ2) is 9.46. The zero-order valence-corrected chi connectivity index (χ0v) is 18.2. The number of rotatable bonds is 6. The van der Waals surface area contributed by atoms with Crippen LogP contribution in [0.1, 0.15) is 30.4 Å². The number of alkyl carbamates (subject to hydrolysis) is 1. The summed E-state index contributed by atoms with van der Waals surface area (Å²) in [5.74, 6) is -1.67. The standard InChI is InChI=1S/C25H26N2O6/c1-15(23(29)27-13-16(28)12-22(27)24(30)31)10-11-26-25(32)33-14-21-19-8-4-2-6-17(19)18-7-3-5-9-20(18)21/h2-10,16,21-22,28H,11-14H2,1H3,(H,26,32)(H,30,31)/b15-10+. The number of ether oxygens (including phenoxy) is 1. The van der Waals surface area contributed by atoms with Crippen LogP contribution in [-0.4, -0.2) is 64.9 Å². The van der Waals surface area contributed by atoms with E-state index in [9.17, 15) is 24.6 Å². The number of amides is 2. The Morgan fingerprint density at radius 2 is 1.70 bits per heavy atom. The highest BCUT2D eigenvalue weighted by molar-refractivity contribution is 5.96. The van der Waals surface area contributed by atoms with Crippen LogP contribution >= 0.6 is 0 Å². The molecule has 0 saturated carbocycles. The number of nitrogens with one attached hydrogen (secondary N) is 1. The van der Waals surface area contributed by atoms with Gasteiger partial charge < -0.3 is 25.2 Å². The third kappa shape index (κ3) is 4.61. The highest BCUT2D eigenvalue weighted by Crippen LogP contribution is 2.44. The summed E-state index contributed by atoms with van der Waals surface area (Å²) in [5, 5.41) is 21.6. The van der Waals surface area contributed by atoms with Crippen molar-refractivity contribution in [2.75, 3.05) is 19.7 Å². The average Bonchev–Trinajstić information content (AvgIpc) is 3.35. The number of fused-ring (bicyclic) bond motifs is 3. The van der Waals surface area contributed by atoms with E-state index in [4.69, 9.17) is 4.74 Å². The van der Waals surface area contributed by atoms with Gasteiger partial charge in [-0.05, 0) is 29.2 Å². The second-order valence-electron chi connectivity index (χ2n) is 8.29. The molecular weight excluding hydrogens is 424 g/mol. The Balaban J connectivity index is 1.32. The molecule has 2 aromatic carbocycles. The number of likely N-dealkylation sites (tertiary alicyclic amines) is 1. The molecule has 1 aliphatic carbocycles. The molecule has 2 aromatic rings. The van der Waals surface area contributed by atoms with Gasteiger partial charge in [-0.1, -0.05) is 54.6 Å². The zero-order valence-electron chi connectivity index (χ0n) is 18.2. The van der Waals surface area contributed by atoms with Crippen LogP contribution in [0.15, 0.2) is 60.2 Å². The monoisotopic (exact) mass is 450 g/mol. The Morgan fingerprint density at radius 1 is 1.09 bits per heavy atom. The number of aliphatic hydroxyl groups excluding tert-OH is 1. The van der Waals surface area contributed by atoms with E-state index in [2.05, 4.69) is 17.4 Å². The number of carboxylic acid groups (broad SMARTS) is 1. The van der Waals surface area contributed by atoms with Crippen molar-refractivity contribution < 1.29 is 29.3 Å². The molecule has 1 fully saturated rings. The van der Waals surface area contributed by atoms with Gasteiger partial charge in [0.05, 0.1) is 6.10 Å². The smallest absolute Gasteiger partial charge is 0.407 e. The summed E-state index contributed by atoms with van der Waals surface area (Å²) in [6.45, 7) is 1.77. The lowest BCUT2D eigenvalue weighted by atomic mass is 9.98. The van der Waals surface area contributed by atoms with Gasteiger partial charge in [-0.3, -0.25) is 4.79 Å². The normalized spacial score (nSPS) is 19.7. The lowest BCUT2D eigenvalue weighted by Crippen LogP contribution is -2.41. The Bertz CT molecular complexity index is 1070. The van der Waals surface area contributed by atoms with Crippen molar-refractivity contribution in [3.05, 3.63) is 71.3 Å². The zero-order chi connectivity index (χ0) is 23.5. The molecule has 0 aromatic heterocycles. The molecule has 0 bridgehead atoms. The number of nitrogens with zero attached hydrogens (tertiary/aromatic N) is 1. The largest absolute Gasteiger partial charge is 0.480 e. The third-order valence-electron chi connectivity index (χ3n) is 6.16. The van der Waals surface area contributed by atoms with Crippen LogP contribution in [0, 0.1) is 0 Å². The Hall–Kier alpha value is -3.65. The fraction of sp³-hybridized carbons (Fsp3) is 0.320. The predicted molar refractivity (Wildman–Crippen MR) is 121 cm³/mol. The topological polar surface area (TPSA) is 116 Å². The van der Waals surface area contributed by atoms with Crippen molar-refractivity contribution in [1.29, 1.82) is 0 Å². The van der Waals surface area contributed by atoms with Gasteiger partial charge in [-0.2, -0.15) is 0 Å². The summed E-state index contributed by atoms with van der Waals surface area (Å²) in [7, 11) is 0. The van der Waals surface area contributed by atoms with Gasteiger partial charge in [-0.25, -0.2) is 9.59 Å². The molecule has 2 atom stereocenters. The SMILES string of the molecule is C/C(=C\CNC(=O)OCC1c2ccccc2-c2ccccc21)C(=O)N1CC(O)CC1C(=O)O. The summed E-state index contributed by atoms with van der Waals surface area (Å²) in [4.78, 5) is 37.3. The van der Waals surface area contributed by atoms with E-state index >= 15 is 0 Å². The number of hydrogen-bond acceptors (Lipinski definition) is 5. The van der Waals surface area contributed by atoms with E-state index in [1.54, 1.807) is 6.92 Å². The van der Waals surface area contributed by atoms with Crippen molar-refractivity contribution in [1.82, 2.24) is 10.2 Å². The quantitative estimate of drug-likeness (QED) is 0.583. The van der Waals surface area contributed by atoms with Crippen LogP contribution in [-0.2, 0) is 14.3 Å². The molecule has 172 valence electrons. The van der Waals surface area contributed by atoms with E-state index in [0.717, 1.165) is 27.2 Å². The molecule has 1 aliphatic heterocycles. The number of benzene rings is 2. The first-order valence-electron chi connectivity index (χ1n) is 10.8. The first kappa shape index (κ1) is 22.5. The summed E-state index contributed by atoms with van der Waals surface area (Å²) < 4.78 is 5.46. The van der Waals surface area contributed by atoms with Crippen LogP contribution in [0.3, 0.4) is 0 Å². The summed E-state index contributed by atoms with van der Waals surface area (Å²) in [5.41, 5.74) is 4.81. The molecule has 1 heterocycles. The van der Waals surface area contributed by atoms with Crippen molar-refractivity contribution in [3.8, 4) is 11.1 Å². The van der Waals surface area contributed by atoms with Gasteiger partial charge in [-0.15, -0.1) is 0 Å². The number of β-amino-alcohol motifs (C(OH)–C–C–N with tert-alkyl or cyclic N) is 1. The summed E-state index contributed by atoms with van der Waals surface area (Å²) >= 11 is 0. The van der Waals surface area contributed by atoms with E-state index in [0.29, 0.717) is 0 Å². The van der Waals surface area contributed by atoms with Gasteiger partial charge in [0.1, 0.15) is 12.6 Å². The molecule has 2 unspecified atom stereocenters. The van der Waals surface area contributed by atoms with Crippen LogP contribution < -0.4 is 5.32 Å². The number of hydrogen-bond donors (Lipinski definition) is 3. The lowest BCUT2D eigenvalue weighted by Gasteiger charge is -2.21. The molecule has 1 saturated heterocycles. The maximum atomic E-state index is 12.6. The van der Waals surface area contributed by atoms with E-state index in [-0.39, 0.29) is 37.6 Å². The Labute approximate surface area is 191 Å². The maximum Gasteiger partial charge on any atom is 0.407 e. The summed E-state index contributed by atoms with van der Waals surface area (Å²) in [6, 6.07) is 15.1. The molecular formula is C25H26N2O6. The molecule has 0 radical (unpaired) electrons. The molecule has 33 heavy (non-hydrogen) atoms. The highest BCUT2D eigenvalue weighted by Gasteiger charge is 2.39. The van der Waals surface area contributed by atoms with Gasteiger partial charge in [0.15, 0.2) is 0 Å². The van der Waals surface area contributed by atoms with Crippen LogP contribution in [0.2, 0.25) is 0 Å². The van der Waals surface area contributed by atoms with Crippen molar-refractivity contribution in [3.63, 3.8) is 0 Å². The van der Waals surface area contributed by atoms with Gasteiger partial charge >= 0.3 is 12.1 Å². The fourth-order valence-electron chi connectivity index (χ4n) is 4.52. The van der Waals surface area contributed by atoms with Crippen LogP contribution in [0.5, 0.6) is 0 Å². The minimum Gasteiger partial charge on any atom is -0.480 e. The second-order valence-corrected chi connectivity index (χ2v) is 8.29. The van der Waals surface area contributed by atoms with Gasteiger partial charge in [0, 0.05) is 31.0 Å². The van der Waals surface area contributed by atoms with Crippen molar-refractivity contribution >= 4 is 18.0 Å².